The maximum absolute atomic E-state index is 12.7. The Kier molecular flexibility index (Phi) is 5.33. The molecule has 1 aromatic heterocycles. The van der Waals surface area contributed by atoms with Gasteiger partial charge >= 0.3 is 6.03 Å². The molecule has 9 heteroatoms. The summed E-state index contributed by atoms with van der Waals surface area (Å²) in [5.74, 6) is 0. The molecule has 2 aliphatic carbocycles. The van der Waals surface area contributed by atoms with Gasteiger partial charge in [0.25, 0.3) is 0 Å². The van der Waals surface area contributed by atoms with Gasteiger partial charge in [-0.1, -0.05) is 15.9 Å². The van der Waals surface area contributed by atoms with Crippen LogP contribution >= 0.6 is 15.9 Å². The molecule has 0 saturated carbocycles. The van der Waals surface area contributed by atoms with E-state index in [-0.39, 0.29) is 5.03 Å². The highest BCUT2D eigenvalue weighted by Crippen LogP contribution is 2.44. The summed E-state index contributed by atoms with van der Waals surface area (Å²) >= 11 is 3.77. The SMILES string of the molecule is Cn1nc(S(=O)NC(=O)Nc2c3c(c(Br)c4c2CCC4)CCC3)cc1C(C)(C)O. The fourth-order valence-electron chi connectivity index (χ4n) is 4.42. The van der Waals surface area contributed by atoms with E-state index in [2.05, 4.69) is 31.1 Å². The fourth-order valence-corrected chi connectivity index (χ4v) is 6.03. The number of urea groups is 1. The molecule has 0 fully saturated rings. The molecular formula is C20H25BrN4O3S. The first-order valence-corrected chi connectivity index (χ1v) is 11.7. The lowest BCUT2D eigenvalue weighted by Crippen LogP contribution is -2.31. The standard InChI is InChI=1S/C20H25BrN4O3S/c1-20(2,27)15-10-16(23-25(15)3)29(28)24-19(26)22-18-13-8-4-6-11(13)17(21)12-7-5-9-14(12)18/h10,27H,4-9H2,1-3H3,(H2,22,24,26). The first-order valence-electron chi connectivity index (χ1n) is 9.78. The summed E-state index contributed by atoms with van der Waals surface area (Å²) in [5.41, 5.74) is 5.27. The second kappa shape index (κ2) is 7.52. The number of anilines is 1. The van der Waals surface area contributed by atoms with E-state index >= 15 is 0 Å². The lowest BCUT2D eigenvalue weighted by atomic mass is 9.99. The molecule has 7 nitrogen and oxygen atoms in total. The van der Waals surface area contributed by atoms with Crippen molar-refractivity contribution in [1.82, 2.24) is 14.5 Å². The Labute approximate surface area is 181 Å². The maximum atomic E-state index is 12.7. The van der Waals surface area contributed by atoms with Crippen LogP contribution in [0, 0.1) is 0 Å². The van der Waals surface area contributed by atoms with Gasteiger partial charge in [-0.05, 0) is 74.6 Å². The second-order valence-electron chi connectivity index (χ2n) is 8.19. The van der Waals surface area contributed by atoms with E-state index < -0.39 is 22.6 Å². The van der Waals surface area contributed by atoms with Gasteiger partial charge in [0.2, 0.25) is 0 Å². The largest absolute Gasteiger partial charge is 0.384 e. The number of rotatable bonds is 4. The van der Waals surface area contributed by atoms with Gasteiger partial charge in [-0.25, -0.2) is 9.00 Å². The zero-order valence-electron chi connectivity index (χ0n) is 16.8. The second-order valence-corrected chi connectivity index (χ2v) is 10.1. The first-order chi connectivity index (χ1) is 13.7. The molecule has 1 aromatic carbocycles. The third kappa shape index (κ3) is 3.75. The van der Waals surface area contributed by atoms with Crippen LogP contribution in [0.3, 0.4) is 0 Å². The highest BCUT2D eigenvalue weighted by molar-refractivity contribution is 9.10. The van der Waals surface area contributed by atoms with Crippen molar-refractivity contribution in [2.45, 2.75) is 63.0 Å². The number of aliphatic hydroxyl groups is 1. The van der Waals surface area contributed by atoms with Gasteiger partial charge in [0.15, 0.2) is 16.0 Å². The van der Waals surface area contributed by atoms with Crippen molar-refractivity contribution in [2.24, 2.45) is 7.05 Å². The van der Waals surface area contributed by atoms with Crippen LogP contribution in [0.4, 0.5) is 10.5 Å². The summed E-state index contributed by atoms with van der Waals surface area (Å²) in [7, 11) is -0.158. The van der Waals surface area contributed by atoms with Gasteiger partial charge in [0, 0.05) is 23.3 Å². The van der Waals surface area contributed by atoms with Crippen LogP contribution in [0.15, 0.2) is 15.6 Å². The van der Waals surface area contributed by atoms with Crippen molar-refractivity contribution in [2.75, 3.05) is 5.32 Å². The van der Waals surface area contributed by atoms with Crippen molar-refractivity contribution in [3.63, 3.8) is 0 Å². The zero-order valence-corrected chi connectivity index (χ0v) is 19.2. The lowest BCUT2D eigenvalue weighted by molar-refractivity contribution is 0.0695. The summed E-state index contributed by atoms with van der Waals surface area (Å²) in [5, 5.41) is 17.5. The van der Waals surface area contributed by atoms with Crippen LogP contribution in [0.1, 0.15) is 54.6 Å². The van der Waals surface area contributed by atoms with Gasteiger partial charge < -0.3 is 10.4 Å². The minimum atomic E-state index is -1.83. The Morgan fingerprint density at radius 1 is 1.17 bits per heavy atom. The zero-order chi connectivity index (χ0) is 20.9. The van der Waals surface area contributed by atoms with Crippen molar-refractivity contribution >= 4 is 38.6 Å². The van der Waals surface area contributed by atoms with Gasteiger partial charge in [-0.2, -0.15) is 5.10 Å². The molecule has 1 atom stereocenters. The van der Waals surface area contributed by atoms with E-state index in [9.17, 15) is 14.1 Å². The molecule has 0 aliphatic heterocycles. The van der Waals surface area contributed by atoms with Gasteiger partial charge in [0.05, 0.1) is 5.69 Å². The number of aromatic nitrogens is 2. The smallest absolute Gasteiger partial charge is 0.331 e. The van der Waals surface area contributed by atoms with E-state index in [1.54, 1.807) is 27.0 Å². The molecule has 2 amide bonds. The number of amides is 2. The highest BCUT2D eigenvalue weighted by Gasteiger charge is 2.29. The number of nitrogens with zero attached hydrogens (tertiary/aromatic N) is 2. The number of hydrogen-bond acceptors (Lipinski definition) is 4. The molecule has 0 bridgehead atoms. The molecule has 2 aromatic rings. The number of nitrogens with one attached hydrogen (secondary N) is 2. The number of carbonyl (C=O) groups is 1. The van der Waals surface area contributed by atoms with Crippen LogP contribution in [0.25, 0.3) is 0 Å². The van der Waals surface area contributed by atoms with Gasteiger partial charge in [-0.15, -0.1) is 0 Å². The molecular weight excluding hydrogens is 456 g/mol. The maximum Gasteiger partial charge on any atom is 0.331 e. The topological polar surface area (TPSA) is 96.2 Å². The number of benzene rings is 1. The number of fused-ring (bicyclic) bond motifs is 2. The predicted molar refractivity (Wildman–Crippen MR) is 115 cm³/mol. The Bertz CT molecular complexity index is 991. The Morgan fingerprint density at radius 3 is 2.24 bits per heavy atom. The van der Waals surface area contributed by atoms with Crippen LogP contribution in [0.5, 0.6) is 0 Å². The van der Waals surface area contributed by atoms with Crippen LogP contribution < -0.4 is 10.0 Å². The molecule has 0 saturated heterocycles. The molecule has 1 heterocycles. The fraction of sp³-hybridized carbons (Fsp3) is 0.500. The number of aryl methyl sites for hydroxylation is 1. The summed E-state index contributed by atoms with van der Waals surface area (Å²) in [6.07, 6.45) is 6.06. The normalized spacial score (nSPS) is 16.4. The van der Waals surface area contributed by atoms with Crippen molar-refractivity contribution in [3.8, 4) is 0 Å². The predicted octanol–water partition coefficient (Wildman–Crippen LogP) is 3.23. The molecule has 156 valence electrons. The minimum Gasteiger partial charge on any atom is -0.384 e. The van der Waals surface area contributed by atoms with E-state index in [1.165, 1.54) is 31.4 Å². The third-order valence-corrected chi connectivity index (χ3v) is 7.57. The number of carbonyl (C=O) groups excluding carboxylic acids is 1. The summed E-state index contributed by atoms with van der Waals surface area (Å²) < 4.78 is 17.8. The van der Waals surface area contributed by atoms with Crippen molar-refractivity contribution in [3.05, 3.63) is 38.5 Å². The lowest BCUT2D eigenvalue weighted by Gasteiger charge is -2.18. The first kappa shape index (κ1) is 20.6. The molecule has 29 heavy (non-hydrogen) atoms. The molecule has 0 radical (unpaired) electrons. The molecule has 2 aliphatic rings. The monoisotopic (exact) mass is 480 g/mol. The Morgan fingerprint density at radius 2 is 1.72 bits per heavy atom. The quantitative estimate of drug-likeness (QED) is 0.625. The van der Waals surface area contributed by atoms with Crippen LogP contribution in [0.2, 0.25) is 0 Å². The molecule has 4 rings (SSSR count). The third-order valence-electron chi connectivity index (χ3n) is 5.67. The van der Waals surface area contributed by atoms with E-state index in [0.717, 1.165) is 44.2 Å². The van der Waals surface area contributed by atoms with E-state index in [4.69, 9.17) is 0 Å². The molecule has 1 unspecified atom stereocenters. The minimum absolute atomic E-state index is 0.200. The number of hydrogen-bond donors (Lipinski definition) is 3. The van der Waals surface area contributed by atoms with Crippen molar-refractivity contribution in [1.29, 1.82) is 0 Å². The van der Waals surface area contributed by atoms with Crippen molar-refractivity contribution < 1.29 is 14.1 Å². The van der Waals surface area contributed by atoms with Gasteiger partial charge in [0.1, 0.15) is 5.60 Å². The van der Waals surface area contributed by atoms with Crippen LogP contribution in [-0.2, 0) is 49.3 Å². The molecule has 0 spiro atoms. The average molecular weight is 481 g/mol. The Balaban J connectivity index is 1.55. The van der Waals surface area contributed by atoms with Crippen LogP contribution in [-0.4, -0.2) is 25.1 Å². The summed E-state index contributed by atoms with van der Waals surface area (Å²) in [4.78, 5) is 12.7. The summed E-state index contributed by atoms with van der Waals surface area (Å²) in [6.45, 7) is 3.26. The average Bonchev–Trinajstić information content (AvgIpc) is 3.36. The number of halogens is 1. The highest BCUT2D eigenvalue weighted by atomic mass is 79.9. The van der Waals surface area contributed by atoms with Gasteiger partial charge in [-0.3, -0.25) is 9.40 Å². The molecule has 3 N–H and O–H groups in total. The summed E-state index contributed by atoms with van der Waals surface area (Å²) in [6, 6.07) is 1.04. The van der Waals surface area contributed by atoms with E-state index in [0.29, 0.717) is 5.69 Å². The Hall–Kier alpha value is -1.71. The van der Waals surface area contributed by atoms with E-state index in [1.807, 2.05) is 0 Å².